The van der Waals surface area contributed by atoms with E-state index >= 15 is 0 Å². The van der Waals surface area contributed by atoms with Gasteiger partial charge >= 0.3 is 0 Å². The Balaban J connectivity index is 2.78. The van der Waals surface area contributed by atoms with Crippen LogP contribution in [0.3, 0.4) is 0 Å². The molecule has 0 N–H and O–H groups in total. The molecule has 1 nitrogen and oxygen atoms in total. The highest BCUT2D eigenvalue weighted by Crippen LogP contribution is 2.26. The number of rotatable bonds is 0. The van der Waals surface area contributed by atoms with Gasteiger partial charge in [-0.2, -0.15) is 0 Å². The fourth-order valence-electron chi connectivity index (χ4n) is 0.546. The molecule has 0 spiro atoms. The van der Waals surface area contributed by atoms with Gasteiger partial charge in [0.25, 0.3) is 0 Å². The Kier molecular flexibility index (Phi) is 2.04. The summed E-state index contributed by atoms with van der Waals surface area (Å²) in [5.41, 5.74) is 0. The Morgan fingerprint density at radius 2 is 2.22 bits per heavy atom. The highest BCUT2D eigenvalue weighted by molar-refractivity contribution is 6.58. The molecule has 0 saturated carbocycles. The minimum absolute atomic E-state index is 0.489. The van der Waals surface area contributed by atoms with Crippen molar-refractivity contribution in [1.29, 1.82) is 0 Å². The molecule has 0 bridgehead atoms. The van der Waals surface area contributed by atoms with Crippen LogP contribution in [0, 0.1) is 0 Å². The monoisotopic (exact) mass is 183 g/mol. The largest absolute Gasteiger partial charge is 0.288 e. The Morgan fingerprint density at radius 1 is 1.56 bits per heavy atom. The van der Waals surface area contributed by atoms with Gasteiger partial charge in [0.2, 0.25) is 0 Å². The quantitative estimate of drug-likeness (QED) is 0.513. The first-order valence-electron chi connectivity index (χ1n) is 2.36. The van der Waals surface area contributed by atoms with Gasteiger partial charge in [-0.05, 0) is 6.08 Å². The Bertz CT molecular complexity index is 171. The van der Waals surface area contributed by atoms with Crippen LogP contribution in [0.2, 0.25) is 0 Å². The molecule has 1 aliphatic rings. The fraction of sp³-hybridized carbons (Fsp3) is 0.400. The summed E-state index contributed by atoms with van der Waals surface area (Å²) < 4.78 is -0.991. The Morgan fingerprint density at radius 3 is 2.56 bits per heavy atom. The van der Waals surface area contributed by atoms with Crippen molar-refractivity contribution in [3.05, 3.63) is 11.1 Å². The summed E-state index contributed by atoms with van der Waals surface area (Å²) in [6.45, 7) is 0.489. The summed E-state index contributed by atoms with van der Waals surface area (Å²) >= 11 is 16.8. The van der Waals surface area contributed by atoms with Crippen LogP contribution in [0.5, 0.6) is 0 Å². The molecular formula is C5H4Cl3N. The van der Waals surface area contributed by atoms with E-state index in [0.29, 0.717) is 11.6 Å². The van der Waals surface area contributed by atoms with E-state index in [1.807, 2.05) is 0 Å². The first kappa shape index (κ1) is 7.39. The standard InChI is InChI=1S/C5H4Cl3N/c6-4-1-5(7,8)3-9-2-4/h1,3H,2H2. The first-order valence-corrected chi connectivity index (χ1v) is 3.49. The highest BCUT2D eigenvalue weighted by atomic mass is 35.5. The summed E-state index contributed by atoms with van der Waals surface area (Å²) in [5.74, 6) is 0. The third kappa shape index (κ3) is 2.17. The number of aliphatic imine (C=N–C) groups is 1. The predicted molar refractivity (Wildman–Crippen MR) is 41.7 cm³/mol. The lowest BCUT2D eigenvalue weighted by molar-refractivity contribution is 1.14. The number of allylic oxidation sites excluding steroid dienone is 1. The number of halogens is 3. The maximum absolute atomic E-state index is 5.62. The maximum Gasteiger partial charge on any atom is 0.172 e. The topological polar surface area (TPSA) is 12.4 Å². The first-order chi connectivity index (χ1) is 4.10. The molecule has 0 saturated heterocycles. The predicted octanol–water partition coefficient (Wildman–Crippen LogP) is 2.37. The molecule has 4 heteroatoms. The Labute approximate surface area is 68.3 Å². The summed E-state index contributed by atoms with van der Waals surface area (Å²) in [4.78, 5) is 3.82. The lowest BCUT2D eigenvalue weighted by Gasteiger charge is -2.12. The van der Waals surface area contributed by atoms with Crippen molar-refractivity contribution in [2.75, 3.05) is 6.54 Å². The Hall–Kier alpha value is 0.280. The zero-order valence-electron chi connectivity index (χ0n) is 4.44. The van der Waals surface area contributed by atoms with Crippen LogP contribution in [0.15, 0.2) is 16.1 Å². The molecular weight excluding hydrogens is 180 g/mol. The normalized spacial score (nSPS) is 23.7. The van der Waals surface area contributed by atoms with Crippen LogP contribution in [0.1, 0.15) is 0 Å². The smallest absolute Gasteiger partial charge is 0.172 e. The molecule has 9 heavy (non-hydrogen) atoms. The van der Waals surface area contributed by atoms with Gasteiger partial charge in [-0.3, -0.25) is 4.99 Å². The van der Waals surface area contributed by atoms with Gasteiger partial charge in [-0.25, -0.2) is 0 Å². The average molecular weight is 184 g/mol. The lowest BCUT2D eigenvalue weighted by atomic mass is 10.3. The number of nitrogens with zero attached hydrogens (tertiary/aromatic N) is 1. The number of hydrogen-bond donors (Lipinski definition) is 0. The second-order valence-electron chi connectivity index (χ2n) is 1.74. The van der Waals surface area contributed by atoms with E-state index in [0.717, 1.165) is 0 Å². The number of alkyl halides is 2. The SMILES string of the molecule is ClC1=CC(Cl)(Cl)C=NC1. The van der Waals surface area contributed by atoms with Crippen molar-refractivity contribution in [2.45, 2.75) is 4.33 Å². The van der Waals surface area contributed by atoms with Gasteiger partial charge in [0.05, 0.1) is 6.54 Å². The molecule has 0 fully saturated rings. The van der Waals surface area contributed by atoms with Gasteiger partial charge in [0.15, 0.2) is 4.33 Å². The maximum atomic E-state index is 5.62. The lowest BCUT2D eigenvalue weighted by Crippen LogP contribution is -2.15. The van der Waals surface area contributed by atoms with Crippen LogP contribution >= 0.6 is 34.8 Å². The summed E-state index contributed by atoms with van der Waals surface area (Å²) in [6.07, 6.45) is 3.02. The second kappa shape index (κ2) is 2.49. The van der Waals surface area contributed by atoms with Crippen LogP contribution in [0.25, 0.3) is 0 Å². The number of dihydropyridines is 1. The van der Waals surface area contributed by atoms with Crippen molar-refractivity contribution < 1.29 is 0 Å². The molecule has 0 aliphatic carbocycles. The molecule has 1 heterocycles. The third-order valence-electron chi connectivity index (χ3n) is 0.855. The van der Waals surface area contributed by atoms with Gasteiger partial charge in [-0.1, -0.05) is 34.8 Å². The van der Waals surface area contributed by atoms with Crippen molar-refractivity contribution in [1.82, 2.24) is 0 Å². The van der Waals surface area contributed by atoms with Crippen LogP contribution in [-0.4, -0.2) is 17.1 Å². The molecule has 1 aliphatic heterocycles. The van der Waals surface area contributed by atoms with Crippen molar-refractivity contribution in [3.8, 4) is 0 Å². The third-order valence-corrected chi connectivity index (χ3v) is 1.50. The van der Waals surface area contributed by atoms with E-state index in [1.165, 1.54) is 6.21 Å². The van der Waals surface area contributed by atoms with Gasteiger partial charge in [-0.15, -0.1) is 0 Å². The molecule has 0 amide bonds. The van der Waals surface area contributed by atoms with Gasteiger partial charge in [0, 0.05) is 11.2 Å². The van der Waals surface area contributed by atoms with Crippen molar-refractivity contribution in [2.24, 2.45) is 4.99 Å². The van der Waals surface area contributed by atoms with E-state index < -0.39 is 4.33 Å². The minimum Gasteiger partial charge on any atom is -0.288 e. The summed E-state index contributed by atoms with van der Waals surface area (Å²) in [5, 5.41) is 0.586. The van der Waals surface area contributed by atoms with Crippen LogP contribution < -0.4 is 0 Å². The zero-order valence-corrected chi connectivity index (χ0v) is 6.71. The molecule has 0 radical (unpaired) electrons. The molecule has 0 unspecified atom stereocenters. The highest BCUT2D eigenvalue weighted by Gasteiger charge is 2.20. The van der Waals surface area contributed by atoms with E-state index in [9.17, 15) is 0 Å². The molecule has 0 aromatic carbocycles. The number of hydrogen-bond acceptors (Lipinski definition) is 1. The fourth-order valence-corrected chi connectivity index (χ4v) is 1.30. The molecule has 50 valence electrons. The molecule has 1 rings (SSSR count). The van der Waals surface area contributed by atoms with Crippen LogP contribution in [-0.2, 0) is 0 Å². The molecule has 0 aromatic rings. The minimum atomic E-state index is -0.991. The summed E-state index contributed by atoms with van der Waals surface area (Å²) in [7, 11) is 0. The van der Waals surface area contributed by atoms with E-state index in [2.05, 4.69) is 4.99 Å². The van der Waals surface area contributed by atoms with E-state index in [1.54, 1.807) is 6.08 Å². The van der Waals surface area contributed by atoms with Crippen LogP contribution in [0.4, 0.5) is 0 Å². The molecule has 0 atom stereocenters. The van der Waals surface area contributed by atoms with E-state index in [-0.39, 0.29) is 0 Å². The second-order valence-corrected chi connectivity index (χ2v) is 3.67. The van der Waals surface area contributed by atoms with Gasteiger partial charge < -0.3 is 0 Å². The van der Waals surface area contributed by atoms with Gasteiger partial charge in [0.1, 0.15) is 0 Å². The van der Waals surface area contributed by atoms with E-state index in [4.69, 9.17) is 34.8 Å². The molecule has 0 aromatic heterocycles. The van der Waals surface area contributed by atoms with Crippen molar-refractivity contribution in [3.63, 3.8) is 0 Å². The van der Waals surface area contributed by atoms with Crippen molar-refractivity contribution >= 4 is 41.0 Å². The average Bonchev–Trinajstić information content (AvgIpc) is 1.60. The zero-order chi connectivity index (χ0) is 6.91. The summed E-state index contributed by atoms with van der Waals surface area (Å²) in [6, 6.07) is 0.